The molecule has 9 heteroatoms. The number of carbonyl (C=O) groups excluding carboxylic acids is 2. The molecule has 0 radical (unpaired) electrons. The second-order valence-electron chi connectivity index (χ2n) is 10.6. The van der Waals surface area contributed by atoms with Crippen molar-refractivity contribution >= 4 is 17.6 Å². The molecule has 1 saturated heterocycles. The van der Waals surface area contributed by atoms with E-state index in [1.165, 1.54) is 11.0 Å². The zero-order valence-corrected chi connectivity index (χ0v) is 20.9. The summed E-state index contributed by atoms with van der Waals surface area (Å²) in [6.07, 6.45) is 2.82. The third kappa shape index (κ3) is 3.93. The maximum absolute atomic E-state index is 14.4. The Morgan fingerprint density at radius 3 is 2.79 bits per heavy atom. The number of aliphatic hydroxyl groups excluding tert-OH is 1. The molecule has 7 nitrogen and oxygen atoms in total. The molecule has 38 heavy (non-hydrogen) atoms. The van der Waals surface area contributed by atoms with Crippen LogP contribution in [0.15, 0.2) is 54.7 Å². The quantitative estimate of drug-likeness (QED) is 0.495. The van der Waals surface area contributed by atoms with E-state index in [1.807, 2.05) is 24.3 Å². The number of nitrogens with zero attached hydrogens (tertiary/aromatic N) is 2. The van der Waals surface area contributed by atoms with Crippen LogP contribution in [-0.2, 0) is 23.1 Å². The van der Waals surface area contributed by atoms with Crippen LogP contribution in [0, 0.1) is 11.6 Å². The first-order valence-electron chi connectivity index (χ1n) is 12.8. The fourth-order valence-corrected chi connectivity index (χ4v) is 6.30. The highest BCUT2D eigenvalue weighted by atomic mass is 19.2. The van der Waals surface area contributed by atoms with Gasteiger partial charge in [0.1, 0.15) is 18.1 Å². The van der Waals surface area contributed by atoms with Gasteiger partial charge in [0.25, 0.3) is 5.91 Å². The van der Waals surface area contributed by atoms with Gasteiger partial charge in [-0.1, -0.05) is 24.3 Å². The molecular weight excluding hydrogens is 490 g/mol. The van der Waals surface area contributed by atoms with Crippen molar-refractivity contribution in [3.63, 3.8) is 0 Å². The van der Waals surface area contributed by atoms with Crippen LogP contribution in [0.4, 0.5) is 14.6 Å². The van der Waals surface area contributed by atoms with Crippen LogP contribution in [0.5, 0.6) is 0 Å². The van der Waals surface area contributed by atoms with Crippen LogP contribution in [0.3, 0.4) is 0 Å². The first-order valence-corrected chi connectivity index (χ1v) is 12.8. The second kappa shape index (κ2) is 9.16. The summed E-state index contributed by atoms with van der Waals surface area (Å²) in [6.45, 7) is 0.235. The number of rotatable bonds is 3. The van der Waals surface area contributed by atoms with E-state index in [0.29, 0.717) is 37.1 Å². The number of hydrogen-bond acceptors (Lipinski definition) is 5. The van der Waals surface area contributed by atoms with Crippen LogP contribution in [0.25, 0.3) is 0 Å². The molecule has 1 aliphatic carbocycles. The molecule has 3 N–H and O–H groups in total. The summed E-state index contributed by atoms with van der Waals surface area (Å²) in [5.41, 5.74) is 3.13. The monoisotopic (exact) mass is 518 g/mol. The molecule has 2 aliphatic heterocycles. The number of carbonyl (C=O) groups is 2. The van der Waals surface area contributed by atoms with E-state index < -0.39 is 29.3 Å². The van der Waals surface area contributed by atoms with E-state index in [1.54, 1.807) is 25.4 Å². The molecule has 1 fully saturated rings. The normalized spacial score (nSPS) is 26.1. The Kier molecular flexibility index (Phi) is 5.90. The van der Waals surface area contributed by atoms with E-state index in [4.69, 9.17) is 0 Å². The average Bonchev–Trinajstić information content (AvgIpc) is 3.38. The highest BCUT2D eigenvalue weighted by Gasteiger charge is 2.50. The zero-order valence-electron chi connectivity index (χ0n) is 20.9. The molecule has 3 aromatic rings. The number of nitrogens with one attached hydrogen (secondary N) is 2. The molecule has 4 atom stereocenters. The van der Waals surface area contributed by atoms with Crippen LogP contribution >= 0.6 is 0 Å². The van der Waals surface area contributed by atoms with E-state index >= 15 is 0 Å². The van der Waals surface area contributed by atoms with Crippen molar-refractivity contribution < 1.29 is 23.5 Å². The van der Waals surface area contributed by atoms with Gasteiger partial charge in [-0.2, -0.15) is 0 Å². The van der Waals surface area contributed by atoms with Gasteiger partial charge in [-0.05, 0) is 66.6 Å². The maximum Gasteiger partial charge on any atom is 0.251 e. The van der Waals surface area contributed by atoms with Gasteiger partial charge in [0.15, 0.2) is 11.6 Å². The lowest BCUT2D eigenvalue weighted by Gasteiger charge is -2.27. The number of aliphatic hydroxyl groups is 1. The molecule has 3 heterocycles. The minimum absolute atomic E-state index is 0.235. The molecule has 3 aliphatic rings. The molecule has 6 rings (SSSR count). The lowest BCUT2D eigenvalue weighted by atomic mass is 9.79. The third-order valence-corrected chi connectivity index (χ3v) is 8.32. The van der Waals surface area contributed by atoms with Crippen molar-refractivity contribution in [1.29, 1.82) is 0 Å². The van der Waals surface area contributed by atoms with Crippen molar-refractivity contribution in [2.45, 2.75) is 49.3 Å². The Balaban J connectivity index is 1.19. The van der Waals surface area contributed by atoms with E-state index in [0.717, 1.165) is 22.8 Å². The van der Waals surface area contributed by atoms with Crippen molar-refractivity contribution in [3.8, 4) is 0 Å². The van der Waals surface area contributed by atoms with Crippen LogP contribution < -0.4 is 10.6 Å². The summed E-state index contributed by atoms with van der Waals surface area (Å²) in [4.78, 5) is 32.1. The predicted molar refractivity (Wildman–Crippen MR) is 137 cm³/mol. The predicted octanol–water partition coefficient (Wildman–Crippen LogP) is 3.27. The van der Waals surface area contributed by atoms with Crippen molar-refractivity contribution in [2.24, 2.45) is 0 Å². The van der Waals surface area contributed by atoms with Gasteiger partial charge >= 0.3 is 0 Å². The number of likely N-dealkylation sites (tertiary alicyclic amines) is 1. The van der Waals surface area contributed by atoms with E-state index in [9.17, 15) is 23.5 Å². The summed E-state index contributed by atoms with van der Waals surface area (Å²) >= 11 is 0. The Bertz CT molecular complexity index is 1450. The minimum atomic E-state index is -0.912. The SMILES string of the molecule is CN1C[C@H](c2cccc(F)c2F)CC[C@@H](NC(=O)c2ccc3c(c2)CC2(C3)c3cccnc3NC2O)C1=O. The number of halogens is 2. The number of pyridine rings is 1. The van der Waals surface area contributed by atoms with Crippen molar-refractivity contribution in [1.82, 2.24) is 15.2 Å². The van der Waals surface area contributed by atoms with Crippen LogP contribution in [0.1, 0.15) is 51.4 Å². The summed E-state index contributed by atoms with van der Waals surface area (Å²) in [6, 6.07) is 12.6. The number of fused-ring (bicyclic) bond motifs is 3. The van der Waals surface area contributed by atoms with E-state index in [2.05, 4.69) is 15.6 Å². The smallest absolute Gasteiger partial charge is 0.251 e. The average molecular weight is 519 g/mol. The Morgan fingerprint density at radius 2 is 1.95 bits per heavy atom. The van der Waals surface area contributed by atoms with Gasteiger partial charge in [0.2, 0.25) is 5.91 Å². The van der Waals surface area contributed by atoms with Gasteiger partial charge in [-0.15, -0.1) is 0 Å². The fraction of sp³-hybridized carbons (Fsp3) is 0.345. The summed E-state index contributed by atoms with van der Waals surface area (Å²) < 4.78 is 28.2. The zero-order chi connectivity index (χ0) is 26.6. The number of amides is 2. The lowest BCUT2D eigenvalue weighted by Crippen LogP contribution is -2.46. The Hall–Kier alpha value is -3.85. The standard InChI is InChI=1S/C29H28F2N4O3/c1-35-15-18(20-4-2-6-22(30)24(20)31)9-10-23(27(35)37)33-26(36)16-7-8-17-13-29(14-19(17)12-16)21-5-3-11-32-25(21)34-28(29)38/h2-8,11-12,18,23,28,38H,9-10,13-15H2,1H3,(H,32,34)(H,33,36)/t18-,23-,28?,29?/m1/s1. The number of anilines is 1. The first-order chi connectivity index (χ1) is 18.3. The van der Waals surface area contributed by atoms with Crippen LogP contribution in [0.2, 0.25) is 0 Å². The second-order valence-corrected chi connectivity index (χ2v) is 10.6. The van der Waals surface area contributed by atoms with Crippen molar-refractivity contribution in [2.75, 3.05) is 18.9 Å². The minimum Gasteiger partial charge on any atom is -0.373 e. The topological polar surface area (TPSA) is 94.6 Å². The van der Waals surface area contributed by atoms with Gasteiger partial charge in [-0.25, -0.2) is 13.8 Å². The molecule has 1 aromatic heterocycles. The Morgan fingerprint density at radius 1 is 1.13 bits per heavy atom. The highest BCUT2D eigenvalue weighted by molar-refractivity contribution is 5.98. The molecule has 196 valence electrons. The fourth-order valence-electron chi connectivity index (χ4n) is 6.30. The number of likely N-dealkylation sites (N-methyl/N-ethyl adjacent to an activating group) is 1. The highest BCUT2D eigenvalue weighted by Crippen LogP contribution is 2.48. The molecule has 2 aromatic carbocycles. The number of aromatic nitrogens is 1. The number of hydrogen-bond donors (Lipinski definition) is 3. The summed E-state index contributed by atoms with van der Waals surface area (Å²) in [7, 11) is 1.61. The summed E-state index contributed by atoms with van der Waals surface area (Å²) in [5, 5.41) is 16.8. The lowest BCUT2D eigenvalue weighted by molar-refractivity contribution is -0.131. The molecular formula is C29H28F2N4O3. The summed E-state index contributed by atoms with van der Waals surface area (Å²) in [5.74, 6) is -2.13. The molecule has 1 spiro atoms. The van der Waals surface area contributed by atoms with Gasteiger partial charge in [0, 0.05) is 36.8 Å². The molecule has 0 bridgehead atoms. The molecule has 2 amide bonds. The van der Waals surface area contributed by atoms with Crippen LogP contribution in [-0.4, -0.2) is 52.7 Å². The van der Waals surface area contributed by atoms with E-state index in [-0.39, 0.29) is 29.8 Å². The van der Waals surface area contributed by atoms with Gasteiger partial charge in [-0.3, -0.25) is 9.59 Å². The maximum atomic E-state index is 14.4. The first kappa shape index (κ1) is 24.5. The van der Waals surface area contributed by atoms with Crippen molar-refractivity contribution in [3.05, 3.63) is 94.2 Å². The third-order valence-electron chi connectivity index (χ3n) is 8.32. The molecule has 2 unspecified atom stereocenters. The van der Waals surface area contributed by atoms with Gasteiger partial charge in [0.05, 0.1) is 5.41 Å². The largest absolute Gasteiger partial charge is 0.373 e. The Labute approximate surface area is 218 Å². The number of benzene rings is 2. The van der Waals surface area contributed by atoms with Gasteiger partial charge < -0.3 is 20.6 Å². The molecule has 0 saturated carbocycles.